The first kappa shape index (κ1) is 17.5. The van der Waals surface area contributed by atoms with Gasteiger partial charge in [-0.25, -0.2) is 9.86 Å². The van der Waals surface area contributed by atoms with Crippen molar-refractivity contribution in [3.05, 3.63) is 59.7 Å². The Hall–Kier alpha value is -2.86. The summed E-state index contributed by atoms with van der Waals surface area (Å²) in [6.45, 7) is 0. The van der Waals surface area contributed by atoms with E-state index in [-0.39, 0.29) is 11.8 Å². The number of ether oxygens (including phenoxy) is 1. The van der Waals surface area contributed by atoms with Crippen LogP contribution in [0.25, 0.3) is 0 Å². The van der Waals surface area contributed by atoms with Gasteiger partial charge in [0.1, 0.15) is 5.75 Å². The molecular weight excluding hydrogens is 308 g/mol. The van der Waals surface area contributed by atoms with Crippen LogP contribution in [0.2, 0.25) is 0 Å². The fraction of sp³-hybridized carbons (Fsp3) is 0.222. The number of carbonyl (C=O) groups is 2. The van der Waals surface area contributed by atoms with Gasteiger partial charge in [-0.3, -0.25) is 9.63 Å². The summed E-state index contributed by atoms with van der Waals surface area (Å²) in [4.78, 5) is 28.7. The van der Waals surface area contributed by atoms with Crippen molar-refractivity contribution in [3.63, 3.8) is 0 Å². The van der Waals surface area contributed by atoms with E-state index >= 15 is 0 Å². The maximum atomic E-state index is 12.3. The van der Waals surface area contributed by atoms with Gasteiger partial charge in [0, 0.05) is 24.7 Å². The first-order chi connectivity index (χ1) is 11.5. The molecule has 2 amide bonds. The lowest BCUT2D eigenvalue weighted by molar-refractivity contribution is -0.0598. The largest absolute Gasteiger partial charge is 0.497 e. The van der Waals surface area contributed by atoms with Gasteiger partial charge in [-0.2, -0.15) is 0 Å². The minimum atomic E-state index is -0.375. The van der Waals surface area contributed by atoms with Crippen molar-refractivity contribution in [2.45, 2.75) is 6.42 Å². The average Bonchev–Trinajstić information content (AvgIpc) is 2.62. The molecule has 2 aromatic carbocycles. The SMILES string of the molecule is COc1ccc(C(=O)Cc2ccc(NC(=O)N(C)OC)cc2)cc1. The summed E-state index contributed by atoms with van der Waals surface area (Å²) in [6.07, 6.45) is 0.290. The third-order valence-electron chi connectivity index (χ3n) is 3.54. The van der Waals surface area contributed by atoms with E-state index in [1.165, 1.54) is 14.2 Å². The fourth-order valence-electron chi connectivity index (χ4n) is 2.06. The molecule has 2 aromatic rings. The second-order valence-corrected chi connectivity index (χ2v) is 5.14. The number of nitrogens with one attached hydrogen (secondary N) is 1. The molecule has 24 heavy (non-hydrogen) atoms. The molecule has 126 valence electrons. The summed E-state index contributed by atoms with van der Waals surface area (Å²) in [6, 6.07) is 13.8. The van der Waals surface area contributed by atoms with E-state index in [4.69, 9.17) is 9.57 Å². The second-order valence-electron chi connectivity index (χ2n) is 5.14. The highest BCUT2D eigenvalue weighted by Gasteiger charge is 2.09. The van der Waals surface area contributed by atoms with Gasteiger partial charge in [-0.1, -0.05) is 12.1 Å². The molecule has 0 radical (unpaired) electrons. The zero-order chi connectivity index (χ0) is 17.5. The van der Waals surface area contributed by atoms with Gasteiger partial charge in [-0.15, -0.1) is 0 Å². The van der Waals surface area contributed by atoms with Crippen LogP contribution in [0, 0.1) is 0 Å². The number of nitrogens with zero attached hydrogens (tertiary/aromatic N) is 1. The third-order valence-corrected chi connectivity index (χ3v) is 3.54. The Kier molecular flexibility index (Phi) is 5.92. The number of urea groups is 1. The molecular formula is C18H20N2O4. The molecule has 0 aliphatic rings. The number of carbonyl (C=O) groups excluding carboxylic acids is 2. The molecule has 0 spiro atoms. The predicted octanol–water partition coefficient (Wildman–Crippen LogP) is 3.15. The van der Waals surface area contributed by atoms with Gasteiger partial charge < -0.3 is 10.1 Å². The van der Waals surface area contributed by atoms with Crippen LogP contribution in [0.1, 0.15) is 15.9 Å². The Morgan fingerprint density at radius 1 is 1.00 bits per heavy atom. The molecule has 2 rings (SSSR count). The lowest BCUT2D eigenvalue weighted by atomic mass is 10.0. The summed E-state index contributed by atoms with van der Waals surface area (Å²) in [5, 5.41) is 3.77. The lowest BCUT2D eigenvalue weighted by Crippen LogP contribution is -2.30. The number of Topliss-reactive ketones (excluding diaryl/α,β-unsaturated/α-hetero) is 1. The van der Waals surface area contributed by atoms with Crippen molar-refractivity contribution < 1.29 is 19.2 Å². The molecule has 0 saturated carbocycles. The minimum absolute atomic E-state index is 0.0218. The number of benzene rings is 2. The van der Waals surface area contributed by atoms with Gasteiger partial charge in [0.2, 0.25) is 0 Å². The molecule has 6 heteroatoms. The molecule has 0 unspecified atom stereocenters. The van der Waals surface area contributed by atoms with E-state index in [2.05, 4.69) is 5.32 Å². The Morgan fingerprint density at radius 2 is 1.62 bits per heavy atom. The second kappa shape index (κ2) is 8.12. The molecule has 0 aromatic heterocycles. The highest BCUT2D eigenvalue weighted by atomic mass is 16.7. The van der Waals surface area contributed by atoms with Crippen LogP contribution < -0.4 is 10.1 Å². The van der Waals surface area contributed by atoms with E-state index in [9.17, 15) is 9.59 Å². The summed E-state index contributed by atoms with van der Waals surface area (Å²) < 4.78 is 5.08. The number of rotatable bonds is 6. The zero-order valence-corrected chi connectivity index (χ0v) is 13.9. The fourth-order valence-corrected chi connectivity index (χ4v) is 2.06. The quantitative estimate of drug-likeness (QED) is 0.653. The molecule has 0 aliphatic heterocycles. The molecule has 0 atom stereocenters. The highest BCUT2D eigenvalue weighted by molar-refractivity contribution is 5.97. The number of hydrogen-bond donors (Lipinski definition) is 1. The average molecular weight is 328 g/mol. The maximum absolute atomic E-state index is 12.3. The van der Waals surface area contributed by atoms with E-state index in [1.807, 2.05) is 12.1 Å². The highest BCUT2D eigenvalue weighted by Crippen LogP contribution is 2.15. The number of hydrogen-bond acceptors (Lipinski definition) is 4. The van der Waals surface area contributed by atoms with Crippen LogP contribution in [0.4, 0.5) is 10.5 Å². The van der Waals surface area contributed by atoms with Crippen LogP contribution in [0.3, 0.4) is 0 Å². The van der Waals surface area contributed by atoms with E-state index < -0.39 is 0 Å². The van der Waals surface area contributed by atoms with Crippen molar-refractivity contribution in [2.24, 2.45) is 0 Å². The summed E-state index contributed by atoms with van der Waals surface area (Å²) >= 11 is 0. The summed E-state index contributed by atoms with van der Waals surface area (Å²) in [5.74, 6) is 0.737. The lowest BCUT2D eigenvalue weighted by Gasteiger charge is -2.14. The smallest absolute Gasteiger partial charge is 0.345 e. The number of ketones is 1. The van der Waals surface area contributed by atoms with E-state index in [1.54, 1.807) is 43.5 Å². The maximum Gasteiger partial charge on any atom is 0.345 e. The molecule has 6 nitrogen and oxygen atoms in total. The van der Waals surface area contributed by atoms with Gasteiger partial charge in [0.25, 0.3) is 0 Å². The van der Waals surface area contributed by atoms with Crippen LogP contribution in [-0.4, -0.2) is 38.1 Å². The Morgan fingerprint density at radius 3 is 2.17 bits per heavy atom. The Labute approximate surface area is 140 Å². The topological polar surface area (TPSA) is 67.9 Å². The molecule has 0 saturated heterocycles. The molecule has 0 fully saturated rings. The molecule has 0 aliphatic carbocycles. The third kappa shape index (κ3) is 4.57. The monoisotopic (exact) mass is 328 g/mol. The number of amides is 2. The van der Waals surface area contributed by atoms with Crippen LogP contribution in [0.15, 0.2) is 48.5 Å². The molecule has 0 bridgehead atoms. The normalized spacial score (nSPS) is 10.1. The summed E-state index contributed by atoms with van der Waals surface area (Å²) in [7, 11) is 4.51. The van der Waals surface area contributed by atoms with Crippen LogP contribution in [-0.2, 0) is 11.3 Å². The van der Waals surface area contributed by atoms with Crippen LogP contribution in [0.5, 0.6) is 5.75 Å². The zero-order valence-electron chi connectivity index (χ0n) is 13.9. The Bertz CT molecular complexity index is 696. The van der Waals surface area contributed by atoms with Gasteiger partial charge in [0.15, 0.2) is 5.78 Å². The molecule has 1 N–H and O–H groups in total. The van der Waals surface area contributed by atoms with Crippen molar-refractivity contribution in [3.8, 4) is 5.75 Å². The molecule has 0 heterocycles. The van der Waals surface area contributed by atoms with Crippen molar-refractivity contribution in [1.29, 1.82) is 0 Å². The van der Waals surface area contributed by atoms with Crippen molar-refractivity contribution >= 4 is 17.5 Å². The summed E-state index contributed by atoms with van der Waals surface area (Å²) in [5.41, 5.74) is 2.13. The minimum Gasteiger partial charge on any atom is -0.497 e. The Balaban J connectivity index is 1.97. The standard InChI is InChI=1S/C18H20N2O4/c1-20(24-3)18(22)19-15-8-4-13(5-9-15)12-17(21)14-6-10-16(23-2)11-7-14/h4-11H,12H2,1-3H3,(H,19,22). The predicted molar refractivity (Wildman–Crippen MR) is 91.3 cm³/mol. The van der Waals surface area contributed by atoms with E-state index in [0.717, 1.165) is 10.6 Å². The first-order valence-corrected chi connectivity index (χ1v) is 7.38. The van der Waals surface area contributed by atoms with Crippen molar-refractivity contribution in [1.82, 2.24) is 5.06 Å². The van der Waals surface area contributed by atoms with E-state index in [0.29, 0.717) is 23.4 Å². The number of hydroxylamine groups is 2. The van der Waals surface area contributed by atoms with Gasteiger partial charge in [-0.05, 0) is 42.0 Å². The number of anilines is 1. The number of methoxy groups -OCH3 is 1. The van der Waals surface area contributed by atoms with Gasteiger partial charge in [0.05, 0.1) is 14.2 Å². The van der Waals surface area contributed by atoms with Crippen molar-refractivity contribution in [2.75, 3.05) is 26.6 Å². The van der Waals surface area contributed by atoms with Gasteiger partial charge >= 0.3 is 6.03 Å². The van der Waals surface area contributed by atoms with Crippen LogP contribution >= 0.6 is 0 Å². The first-order valence-electron chi connectivity index (χ1n) is 7.38.